The largest absolute Gasteiger partial charge is 0.390 e. The van der Waals surface area contributed by atoms with Crippen molar-refractivity contribution in [2.45, 2.75) is 25.6 Å². The fourth-order valence-corrected chi connectivity index (χ4v) is 2.39. The molecule has 0 spiro atoms. The quantitative estimate of drug-likeness (QED) is 0.754. The molecule has 4 N–H and O–H groups in total. The van der Waals surface area contributed by atoms with E-state index in [2.05, 4.69) is 20.9 Å². The summed E-state index contributed by atoms with van der Waals surface area (Å²) in [5.74, 6) is 0.638. The van der Waals surface area contributed by atoms with Crippen molar-refractivity contribution in [1.82, 2.24) is 4.98 Å². The molecule has 0 aromatic carbocycles. The van der Waals surface area contributed by atoms with Gasteiger partial charge in [0.05, 0.1) is 6.10 Å². The van der Waals surface area contributed by atoms with Gasteiger partial charge in [-0.2, -0.15) is 0 Å². The molecule has 0 radical (unpaired) electrons. The summed E-state index contributed by atoms with van der Waals surface area (Å²) >= 11 is 4.34. The van der Waals surface area contributed by atoms with Crippen LogP contribution in [0.1, 0.15) is 25.0 Å². The second-order valence-electron chi connectivity index (χ2n) is 3.77. The Hall–Kier alpha value is -0.630. The Bertz CT molecular complexity index is 431. The lowest BCUT2D eigenvalue weighted by molar-refractivity contribution is -0.109. The van der Waals surface area contributed by atoms with Crippen LogP contribution in [0.3, 0.4) is 0 Å². The molecule has 1 heterocycles. The van der Waals surface area contributed by atoms with Gasteiger partial charge >= 0.3 is 0 Å². The van der Waals surface area contributed by atoms with Gasteiger partial charge in [0.25, 0.3) is 0 Å². The molecule has 7 heteroatoms. The minimum atomic E-state index is -1.11. The van der Waals surface area contributed by atoms with Crippen molar-refractivity contribution >= 4 is 38.6 Å². The third-order valence-electron chi connectivity index (χ3n) is 2.32. The number of carbonyl (C=O) groups excluding carboxylic acids is 1. The van der Waals surface area contributed by atoms with Gasteiger partial charge < -0.3 is 15.9 Å². The Balaban J connectivity index is 2.64. The average molecular weight is 335 g/mol. The molecule has 1 aromatic rings. The van der Waals surface area contributed by atoms with Crippen molar-refractivity contribution in [3.63, 3.8) is 0 Å². The highest BCUT2D eigenvalue weighted by atomic mass is 79.9. The Kier molecular flexibility index (Phi) is 6.07. The Morgan fingerprint density at radius 2 is 2.28 bits per heavy atom. The second kappa shape index (κ2) is 7.08. The van der Waals surface area contributed by atoms with E-state index in [4.69, 9.17) is 5.73 Å². The number of halogens is 1. The standard InChI is InChI=1S/C11H15BrN2O3S/c1-6(15)18-3-2-9(16)10(17)8-4-7(12)5-14-11(8)13/h4-5,9-10,16-17H,2-3H2,1H3,(H2,13,14). The molecule has 1 rings (SSSR count). The lowest BCUT2D eigenvalue weighted by atomic mass is 10.0. The number of aromatic nitrogens is 1. The van der Waals surface area contributed by atoms with Crippen molar-refractivity contribution in [2.75, 3.05) is 11.5 Å². The highest BCUT2D eigenvalue weighted by molar-refractivity contribution is 9.10. The minimum Gasteiger partial charge on any atom is -0.390 e. The molecule has 0 aliphatic rings. The van der Waals surface area contributed by atoms with E-state index in [1.54, 1.807) is 6.07 Å². The van der Waals surface area contributed by atoms with Crippen LogP contribution in [0.5, 0.6) is 0 Å². The van der Waals surface area contributed by atoms with Crippen LogP contribution < -0.4 is 5.73 Å². The Labute approximate surface area is 118 Å². The Morgan fingerprint density at radius 3 is 2.89 bits per heavy atom. The van der Waals surface area contributed by atoms with Gasteiger partial charge in [-0.15, -0.1) is 0 Å². The lowest BCUT2D eigenvalue weighted by Crippen LogP contribution is -2.20. The maximum Gasteiger partial charge on any atom is 0.185 e. The van der Waals surface area contributed by atoms with E-state index in [0.717, 1.165) is 11.8 Å². The summed E-state index contributed by atoms with van der Waals surface area (Å²) < 4.78 is 0.677. The van der Waals surface area contributed by atoms with Crippen LogP contribution in [0.2, 0.25) is 0 Å². The highest BCUT2D eigenvalue weighted by Crippen LogP contribution is 2.26. The predicted octanol–water partition coefficient (Wildman–Crippen LogP) is 1.49. The van der Waals surface area contributed by atoms with E-state index in [0.29, 0.717) is 22.2 Å². The minimum absolute atomic E-state index is 0.0136. The fraction of sp³-hybridized carbons (Fsp3) is 0.455. The normalized spacial score (nSPS) is 14.2. The average Bonchev–Trinajstić information content (AvgIpc) is 2.30. The molecule has 0 fully saturated rings. The molecule has 100 valence electrons. The monoisotopic (exact) mass is 334 g/mol. The molecule has 5 nitrogen and oxygen atoms in total. The van der Waals surface area contributed by atoms with Gasteiger partial charge in [0, 0.05) is 28.9 Å². The van der Waals surface area contributed by atoms with Crippen molar-refractivity contribution in [3.8, 4) is 0 Å². The summed E-state index contributed by atoms with van der Waals surface area (Å²) in [6, 6.07) is 1.62. The number of pyridine rings is 1. The molecule has 2 atom stereocenters. The molecule has 0 saturated heterocycles. The van der Waals surface area contributed by atoms with Crippen LogP contribution in [-0.4, -0.2) is 32.2 Å². The van der Waals surface area contributed by atoms with Gasteiger partial charge in [0.2, 0.25) is 0 Å². The third-order valence-corrected chi connectivity index (χ3v) is 3.60. The van der Waals surface area contributed by atoms with E-state index in [9.17, 15) is 15.0 Å². The van der Waals surface area contributed by atoms with Crippen LogP contribution in [-0.2, 0) is 4.79 Å². The summed E-state index contributed by atoms with van der Waals surface area (Å²) in [4.78, 5) is 14.6. The maximum atomic E-state index is 10.7. The Morgan fingerprint density at radius 1 is 1.61 bits per heavy atom. The van der Waals surface area contributed by atoms with Crippen LogP contribution >= 0.6 is 27.7 Å². The van der Waals surface area contributed by atoms with Gasteiger partial charge in [0.15, 0.2) is 5.12 Å². The number of hydrogen-bond donors (Lipinski definition) is 3. The van der Waals surface area contributed by atoms with Crippen molar-refractivity contribution in [1.29, 1.82) is 0 Å². The number of hydrogen-bond acceptors (Lipinski definition) is 6. The SMILES string of the molecule is CC(=O)SCCC(O)C(O)c1cc(Br)cnc1N. The summed E-state index contributed by atoms with van der Waals surface area (Å²) in [7, 11) is 0. The van der Waals surface area contributed by atoms with E-state index < -0.39 is 12.2 Å². The van der Waals surface area contributed by atoms with Crippen LogP contribution in [0.15, 0.2) is 16.7 Å². The summed E-state index contributed by atoms with van der Waals surface area (Å²) in [5, 5.41) is 19.8. The molecule has 0 bridgehead atoms. The van der Waals surface area contributed by atoms with E-state index in [1.165, 1.54) is 13.1 Å². The molecular weight excluding hydrogens is 320 g/mol. The molecule has 0 aliphatic heterocycles. The predicted molar refractivity (Wildman–Crippen MR) is 75.1 cm³/mol. The summed E-state index contributed by atoms with van der Waals surface area (Å²) in [5.41, 5.74) is 6.02. The van der Waals surface area contributed by atoms with Gasteiger partial charge in [-0.1, -0.05) is 11.8 Å². The van der Waals surface area contributed by atoms with Gasteiger partial charge in [-0.05, 0) is 28.4 Å². The molecular formula is C11H15BrN2O3S. The summed E-state index contributed by atoms with van der Waals surface area (Å²) in [6.45, 7) is 1.46. The van der Waals surface area contributed by atoms with Gasteiger partial charge in [0.1, 0.15) is 11.9 Å². The number of thioether (sulfide) groups is 1. The van der Waals surface area contributed by atoms with Gasteiger partial charge in [-0.25, -0.2) is 4.98 Å². The molecule has 0 aliphatic carbocycles. The highest BCUT2D eigenvalue weighted by Gasteiger charge is 2.21. The smallest absolute Gasteiger partial charge is 0.185 e. The fourth-order valence-electron chi connectivity index (χ4n) is 1.39. The van der Waals surface area contributed by atoms with Crippen LogP contribution in [0.4, 0.5) is 5.82 Å². The number of rotatable bonds is 5. The molecule has 2 unspecified atom stereocenters. The number of nitrogen functional groups attached to an aromatic ring is 1. The first-order valence-electron chi connectivity index (χ1n) is 5.32. The van der Waals surface area contributed by atoms with Gasteiger partial charge in [-0.3, -0.25) is 4.79 Å². The summed E-state index contributed by atoms with van der Waals surface area (Å²) in [6.07, 6.45) is -0.265. The number of aliphatic hydroxyl groups is 2. The molecule has 18 heavy (non-hydrogen) atoms. The zero-order valence-corrected chi connectivity index (χ0v) is 12.2. The number of aliphatic hydroxyl groups excluding tert-OH is 2. The topological polar surface area (TPSA) is 96.4 Å². The lowest BCUT2D eigenvalue weighted by Gasteiger charge is -2.19. The first-order chi connectivity index (χ1) is 8.41. The number of carbonyl (C=O) groups is 1. The van der Waals surface area contributed by atoms with E-state index >= 15 is 0 Å². The second-order valence-corrected chi connectivity index (χ2v) is 5.96. The zero-order valence-electron chi connectivity index (χ0n) is 9.84. The number of anilines is 1. The third kappa shape index (κ3) is 4.56. The van der Waals surface area contributed by atoms with Crippen LogP contribution in [0.25, 0.3) is 0 Å². The molecule has 0 amide bonds. The van der Waals surface area contributed by atoms with Crippen molar-refractivity contribution in [2.24, 2.45) is 0 Å². The molecule has 0 saturated carbocycles. The van der Waals surface area contributed by atoms with E-state index in [1.807, 2.05) is 0 Å². The van der Waals surface area contributed by atoms with Crippen molar-refractivity contribution in [3.05, 3.63) is 22.3 Å². The number of nitrogens with two attached hydrogens (primary N) is 1. The first-order valence-corrected chi connectivity index (χ1v) is 7.10. The first kappa shape index (κ1) is 15.4. The van der Waals surface area contributed by atoms with Crippen LogP contribution in [0, 0.1) is 0 Å². The van der Waals surface area contributed by atoms with E-state index in [-0.39, 0.29) is 10.9 Å². The molecule has 1 aromatic heterocycles. The number of nitrogens with zero attached hydrogens (tertiary/aromatic N) is 1. The zero-order chi connectivity index (χ0) is 13.7. The van der Waals surface area contributed by atoms with Crippen molar-refractivity contribution < 1.29 is 15.0 Å². The maximum absolute atomic E-state index is 10.7.